The van der Waals surface area contributed by atoms with E-state index in [1.807, 2.05) is 11.8 Å². The van der Waals surface area contributed by atoms with Crippen LogP contribution < -0.4 is 0 Å². The van der Waals surface area contributed by atoms with Gasteiger partial charge >= 0.3 is 0 Å². The molecule has 0 spiro atoms. The quantitative estimate of drug-likeness (QED) is 0.659. The van der Waals surface area contributed by atoms with E-state index in [0.717, 1.165) is 11.3 Å². The lowest BCUT2D eigenvalue weighted by Gasteiger charge is -2.33. The summed E-state index contributed by atoms with van der Waals surface area (Å²) < 4.78 is 13.1. The van der Waals surface area contributed by atoms with Crippen molar-refractivity contribution in [3.63, 3.8) is 0 Å². The minimum Gasteiger partial charge on any atom is -0.204 e. The zero-order valence-corrected chi connectivity index (χ0v) is 9.89. The molecule has 76 valence electrons. The van der Waals surface area contributed by atoms with Gasteiger partial charge in [0.2, 0.25) is 0 Å². The number of rotatable bonds is 1. The molecular weight excluding hydrogens is 242 g/mol. The Morgan fingerprint density at radius 2 is 1.93 bits per heavy atom. The van der Waals surface area contributed by atoms with Crippen molar-refractivity contribution in [1.29, 1.82) is 0 Å². The van der Waals surface area contributed by atoms with E-state index in [2.05, 4.69) is 6.92 Å². The molecule has 0 amide bonds. The van der Waals surface area contributed by atoms with Crippen molar-refractivity contribution in [2.75, 3.05) is 5.75 Å². The molecule has 1 aliphatic rings. The van der Waals surface area contributed by atoms with Crippen LogP contribution in [0.25, 0.3) is 0 Å². The first-order chi connectivity index (χ1) is 6.59. The molecule has 4 heteroatoms. The summed E-state index contributed by atoms with van der Waals surface area (Å²) in [5.74, 6) is 1.25. The van der Waals surface area contributed by atoms with Gasteiger partial charge in [0.1, 0.15) is 0 Å². The second-order valence-electron chi connectivity index (χ2n) is 3.53. The molecule has 2 rings (SSSR count). The Hall–Kier alpha value is 0.0800. The van der Waals surface area contributed by atoms with Crippen LogP contribution in [-0.2, 0) is 0 Å². The molecule has 0 radical (unpaired) electrons. The van der Waals surface area contributed by atoms with Crippen molar-refractivity contribution < 1.29 is 4.39 Å². The Kier molecular flexibility index (Phi) is 2.96. The largest absolute Gasteiger partial charge is 0.204 e. The molecule has 1 aliphatic heterocycles. The topological polar surface area (TPSA) is 0 Å². The summed E-state index contributed by atoms with van der Waals surface area (Å²) in [6, 6.07) is 3.35. The number of hydrogen-bond donors (Lipinski definition) is 0. The molecule has 0 nitrogen and oxygen atoms in total. The van der Waals surface area contributed by atoms with Crippen LogP contribution in [-0.4, -0.2) is 5.75 Å². The predicted octanol–water partition coefficient (Wildman–Crippen LogP) is 4.56. The van der Waals surface area contributed by atoms with Crippen LogP contribution in [0.5, 0.6) is 0 Å². The zero-order valence-electron chi connectivity index (χ0n) is 7.56. The fourth-order valence-corrected chi connectivity index (χ4v) is 3.15. The van der Waals surface area contributed by atoms with E-state index in [1.54, 1.807) is 12.1 Å². The third kappa shape index (κ3) is 1.75. The highest BCUT2D eigenvalue weighted by Gasteiger charge is 2.29. The van der Waals surface area contributed by atoms with E-state index < -0.39 is 5.82 Å². The Morgan fingerprint density at radius 3 is 2.29 bits per heavy atom. The van der Waals surface area contributed by atoms with Gasteiger partial charge < -0.3 is 0 Å². The lowest BCUT2D eigenvalue weighted by Crippen LogP contribution is -2.20. The maximum absolute atomic E-state index is 13.1. The Bertz CT molecular complexity index is 344. The standard InChI is InChI=1S/C10H9Cl2FS/c1-5-4-14-10(5)6-2-7(11)9(13)8(12)3-6/h2-3,5,10H,4H2,1H3. The highest BCUT2D eigenvalue weighted by Crippen LogP contribution is 2.48. The van der Waals surface area contributed by atoms with Crippen molar-refractivity contribution in [1.82, 2.24) is 0 Å². The van der Waals surface area contributed by atoms with E-state index in [9.17, 15) is 4.39 Å². The maximum atomic E-state index is 13.1. The fourth-order valence-electron chi connectivity index (χ4n) is 1.55. The van der Waals surface area contributed by atoms with Gasteiger partial charge in [-0.05, 0) is 29.4 Å². The number of benzene rings is 1. The van der Waals surface area contributed by atoms with Gasteiger partial charge in [-0.15, -0.1) is 0 Å². The number of thioether (sulfide) groups is 1. The third-order valence-corrected chi connectivity index (χ3v) is 4.75. The van der Waals surface area contributed by atoms with E-state index in [0.29, 0.717) is 11.2 Å². The van der Waals surface area contributed by atoms with Crippen molar-refractivity contribution in [3.8, 4) is 0 Å². The molecule has 1 saturated heterocycles. The summed E-state index contributed by atoms with van der Waals surface area (Å²) in [7, 11) is 0. The average molecular weight is 251 g/mol. The van der Waals surface area contributed by atoms with Crippen LogP contribution in [0.2, 0.25) is 10.0 Å². The lowest BCUT2D eigenvalue weighted by molar-refractivity contribution is 0.593. The summed E-state index contributed by atoms with van der Waals surface area (Å²) in [5, 5.41) is 0.657. The van der Waals surface area contributed by atoms with Crippen molar-refractivity contribution in [2.45, 2.75) is 12.2 Å². The average Bonchev–Trinajstić information content (AvgIpc) is 2.11. The molecule has 2 atom stereocenters. The van der Waals surface area contributed by atoms with Gasteiger partial charge in [0.05, 0.1) is 10.0 Å². The number of hydrogen-bond acceptors (Lipinski definition) is 1. The molecule has 0 bridgehead atoms. The SMILES string of the molecule is CC1CSC1c1cc(Cl)c(F)c(Cl)c1. The van der Waals surface area contributed by atoms with Gasteiger partial charge in [-0.25, -0.2) is 4.39 Å². The predicted molar refractivity (Wildman–Crippen MR) is 60.8 cm³/mol. The molecule has 2 unspecified atom stereocenters. The Balaban J connectivity index is 2.35. The summed E-state index contributed by atoms with van der Waals surface area (Å²) in [4.78, 5) is 0. The Labute approximate surface area is 96.8 Å². The zero-order chi connectivity index (χ0) is 10.3. The smallest absolute Gasteiger partial charge is 0.160 e. The summed E-state index contributed by atoms with van der Waals surface area (Å²) in [5.41, 5.74) is 1.03. The first-order valence-corrected chi connectivity index (χ1v) is 6.16. The Morgan fingerprint density at radius 1 is 1.36 bits per heavy atom. The highest BCUT2D eigenvalue weighted by atomic mass is 35.5. The van der Waals surface area contributed by atoms with Gasteiger partial charge in [0.25, 0.3) is 0 Å². The minimum absolute atomic E-state index is 0.118. The first kappa shape index (κ1) is 10.6. The fraction of sp³-hybridized carbons (Fsp3) is 0.400. The van der Waals surface area contributed by atoms with Gasteiger partial charge in [-0.1, -0.05) is 30.1 Å². The molecule has 0 saturated carbocycles. The molecule has 0 aliphatic carbocycles. The molecule has 1 fully saturated rings. The van der Waals surface area contributed by atoms with Crippen LogP contribution in [0.3, 0.4) is 0 Å². The van der Waals surface area contributed by atoms with E-state index in [-0.39, 0.29) is 10.0 Å². The van der Waals surface area contributed by atoms with Gasteiger partial charge in [-0.2, -0.15) is 11.8 Å². The second kappa shape index (κ2) is 3.92. The van der Waals surface area contributed by atoms with Gasteiger partial charge in [-0.3, -0.25) is 0 Å². The monoisotopic (exact) mass is 250 g/mol. The van der Waals surface area contributed by atoms with Crippen molar-refractivity contribution in [3.05, 3.63) is 33.6 Å². The first-order valence-electron chi connectivity index (χ1n) is 4.35. The van der Waals surface area contributed by atoms with Crippen LogP contribution in [0, 0.1) is 11.7 Å². The summed E-state index contributed by atoms with van der Waals surface area (Å²) >= 11 is 13.3. The van der Waals surface area contributed by atoms with E-state index >= 15 is 0 Å². The second-order valence-corrected chi connectivity index (χ2v) is 5.52. The lowest BCUT2D eigenvalue weighted by atomic mass is 10.0. The van der Waals surface area contributed by atoms with E-state index in [1.165, 1.54) is 0 Å². The van der Waals surface area contributed by atoms with Crippen LogP contribution in [0.15, 0.2) is 12.1 Å². The molecule has 1 heterocycles. The third-order valence-electron chi connectivity index (χ3n) is 2.39. The molecule has 0 N–H and O–H groups in total. The normalized spacial score (nSPS) is 26.0. The highest BCUT2D eigenvalue weighted by molar-refractivity contribution is 8.00. The van der Waals surface area contributed by atoms with Crippen molar-refractivity contribution in [2.24, 2.45) is 5.92 Å². The molecule has 0 aromatic heterocycles. The molecular formula is C10H9Cl2FS. The van der Waals surface area contributed by atoms with Crippen LogP contribution >= 0.6 is 35.0 Å². The van der Waals surface area contributed by atoms with E-state index in [4.69, 9.17) is 23.2 Å². The van der Waals surface area contributed by atoms with Crippen LogP contribution in [0.4, 0.5) is 4.39 Å². The summed E-state index contributed by atoms with van der Waals surface area (Å²) in [6.07, 6.45) is 0. The maximum Gasteiger partial charge on any atom is 0.160 e. The molecule has 1 aromatic rings. The minimum atomic E-state index is -0.519. The molecule has 14 heavy (non-hydrogen) atoms. The van der Waals surface area contributed by atoms with Gasteiger partial charge in [0.15, 0.2) is 5.82 Å². The van der Waals surface area contributed by atoms with Crippen LogP contribution in [0.1, 0.15) is 17.7 Å². The van der Waals surface area contributed by atoms with Gasteiger partial charge in [0, 0.05) is 5.25 Å². The molecule has 1 aromatic carbocycles. The summed E-state index contributed by atoms with van der Waals surface area (Å²) in [6.45, 7) is 2.17. The number of halogens is 3. The van der Waals surface area contributed by atoms with Crippen molar-refractivity contribution >= 4 is 35.0 Å².